The summed E-state index contributed by atoms with van der Waals surface area (Å²) in [6.45, 7) is 11.7. The Balaban J connectivity index is 1.20. The second-order valence-corrected chi connectivity index (χ2v) is 17.4. The molecule has 54 heavy (non-hydrogen) atoms. The van der Waals surface area contributed by atoms with Crippen LogP contribution in [0.4, 0.5) is 17.1 Å². The molecule has 11 rings (SSSR count). The lowest BCUT2D eigenvalue weighted by Crippen LogP contribution is -2.27. The van der Waals surface area contributed by atoms with E-state index in [2.05, 4.69) is 191 Å². The van der Waals surface area contributed by atoms with Gasteiger partial charge in [0.25, 0.3) is 0 Å². The number of rotatable bonds is 4. The van der Waals surface area contributed by atoms with Crippen LogP contribution in [-0.4, -0.2) is 0 Å². The van der Waals surface area contributed by atoms with Gasteiger partial charge in [-0.05, 0) is 132 Å². The van der Waals surface area contributed by atoms with Crippen LogP contribution in [0.5, 0.6) is 0 Å². The van der Waals surface area contributed by atoms with Crippen LogP contribution in [0.2, 0.25) is 0 Å². The molecule has 0 N–H and O–H groups in total. The second kappa shape index (κ2) is 11.0. The van der Waals surface area contributed by atoms with E-state index in [0.717, 1.165) is 35.5 Å². The molecule has 0 aliphatic heterocycles. The highest BCUT2D eigenvalue weighted by atomic mass is 15.1. The van der Waals surface area contributed by atoms with Crippen LogP contribution < -0.4 is 4.90 Å². The smallest absolute Gasteiger partial charge is 0.0726 e. The minimum atomic E-state index is -0.568. The molecule has 0 aromatic heterocycles. The van der Waals surface area contributed by atoms with E-state index < -0.39 is 11.3 Å². The summed E-state index contributed by atoms with van der Waals surface area (Å²) in [5.74, 6) is -0.568. The van der Waals surface area contributed by atoms with Crippen molar-refractivity contribution in [3.05, 3.63) is 196 Å². The molecule has 1 atom stereocenters. The number of fused-ring (bicyclic) bond motifs is 13. The fourth-order valence-electron chi connectivity index (χ4n) is 10.3. The molecule has 1 heteroatoms. The highest BCUT2D eigenvalue weighted by molar-refractivity contribution is 5.97. The van der Waals surface area contributed by atoms with Gasteiger partial charge in [-0.25, -0.2) is 0 Å². The maximum Gasteiger partial charge on any atom is 0.0726 e. The van der Waals surface area contributed by atoms with E-state index in [4.69, 9.17) is 0 Å². The van der Waals surface area contributed by atoms with Gasteiger partial charge in [0.15, 0.2) is 0 Å². The molecule has 0 bridgehead atoms. The van der Waals surface area contributed by atoms with Gasteiger partial charge in [-0.1, -0.05) is 156 Å². The maximum atomic E-state index is 9.46. The molecule has 0 heterocycles. The number of hydrogen-bond donors (Lipinski definition) is 0. The van der Waals surface area contributed by atoms with E-state index in [1.165, 1.54) is 72.3 Å². The number of nitrogens with zero attached hydrogens (tertiary/aromatic N) is 1. The standard InChI is InChI=1S/C53H45N/c1-51(2,3)34-24-27-41-38-15-7-11-19-46(38)53(48(41)30-34)47-20-12-8-16-39(47)42-28-25-36(32-49(42)53)54(50-21-13-9-14-37(50)33-22-23-33)35-26-29-45-43(31-35)40-17-6-10-18-44(40)52(45,4)5/h6-21,24-33H,22-23H2,1-5H3/i33D. The van der Waals surface area contributed by atoms with Crippen LogP contribution in [0.25, 0.3) is 33.4 Å². The number of hydrogen-bond acceptors (Lipinski definition) is 1. The first-order valence-corrected chi connectivity index (χ1v) is 19.7. The summed E-state index contributed by atoms with van der Waals surface area (Å²) in [6.07, 6.45) is 1.77. The van der Waals surface area contributed by atoms with Gasteiger partial charge >= 0.3 is 0 Å². The summed E-state index contributed by atoms with van der Waals surface area (Å²) in [7, 11) is 0. The molecule has 1 spiro atoms. The van der Waals surface area contributed by atoms with Gasteiger partial charge in [0.05, 0.1) is 5.41 Å². The SMILES string of the molecule is [2H]C1(c2ccccc2N(c2ccc3c(c2)-c2ccccc2C3(C)C)c2ccc3c(c2)C2(c4ccccc4-3)c3ccccc3-c3ccc(C(C)(C)C)cc32)CC1. The Morgan fingerprint density at radius 3 is 1.67 bits per heavy atom. The predicted octanol–water partition coefficient (Wildman–Crippen LogP) is 14.0. The number of benzene rings is 7. The Kier molecular flexibility index (Phi) is 6.24. The van der Waals surface area contributed by atoms with Crippen LogP contribution in [0.1, 0.15) is 99.2 Å². The van der Waals surface area contributed by atoms with Crippen LogP contribution in [-0.2, 0) is 16.2 Å². The van der Waals surface area contributed by atoms with Crippen molar-refractivity contribution in [1.29, 1.82) is 0 Å². The third kappa shape index (κ3) is 4.21. The lowest BCUT2D eigenvalue weighted by atomic mass is 9.69. The van der Waals surface area contributed by atoms with Gasteiger partial charge in [-0.2, -0.15) is 0 Å². The molecular weight excluding hydrogens is 651 g/mol. The Bertz CT molecular complexity index is 2740. The molecule has 7 aromatic rings. The Labute approximate surface area is 321 Å². The van der Waals surface area contributed by atoms with Gasteiger partial charge in [-0.3, -0.25) is 0 Å². The highest BCUT2D eigenvalue weighted by Crippen LogP contribution is 2.64. The van der Waals surface area contributed by atoms with Crippen molar-refractivity contribution in [3.63, 3.8) is 0 Å². The lowest BCUT2D eigenvalue weighted by molar-refractivity contribution is 0.588. The third-order valence-corrected chi connectivity index (χ3v) is 13.0. The first-order chi connectivity index (χ1) is 26.5. The van der Waals surface area contributed by atoms with Crippen LogP contribution in [0, 0.1) is 0 Å². The van der Waals surface area contributed by atoms with Crippen molar-refractivity contribution < 1.29 is 1.37 Å². The first-order valence-electron chi connectivity index (χ1n) is 20.2. The van der Waals surface area contributed by atoms with Crippen molar-refractivity contribution in [2.24, 2.45) is 0 Å². The van der Waals surface area contributed by atoms with Crippen molar-refractivity contribution in [3.8, 4) is 33.4 Å². The van der Waals surface area contributed by atoms with Gasteiger partial charge in [0, 0.05) is 23.8 Å². The van der Waals surface area contributed by atoms with Gasteiger partial charge in [0.2, 0.25) is 0 Å². The van der Waals surface area contributed by atoms with Crippen molar-refractivity contribution >= 4 is 17.1 Å². The average molecular weight is 697 g/mol. The zero-order valence-electron chi connectivity index (χ0n) is 32.8. The van der Waals surface area contributed by atoms with Crippen molar-refractivity contribution in [2.45, 2.75) is 69.6 Å². The molecule has 1 unspecified atom stereocenters. The number of anilines is 3. The molecule has 7 aromatic carbocycles. The molecule has 0 amide bonds. The fraction of sp³-hybridized carbons (Fsp3) is 0.208. The van der Waals surface area contributed by atoms with E-state index in [1.807, 2.05) is 0 Å². The molecule has 4 aliphatic rings. The van der Waals surface area contributed by atoms with Gasteiger partial charge in [0.1, 0.15) is 0 Å². The topological polar surface area (TPSA) is 3.24 Å². The van der Waals surface area contributed by atoms with E-state index in [-0.39, 0.29) is 10.8 Å². The van der Waals surface area contributed by atoms with Gasteiger partial charge < -0.3 is 4.90 Å². The minimum absolute atomic E-state index is 0.00405. The van der Waals surface area contributed by atoms with Crippen LogP contribution >= 0.6 is 0 Å². The molecule has 1 saturated carbocycles. The zero-order chi connectivity index (χ0) is 37.5. The average Bonchev–Trinajstić information content (AvgIpc) is 3.71. The van der Waals surface area contributed by atoms with E-state index >= 15 is 0 Å². The maximum absolute atomic E-state index is 9.46. The monoisotopic (exact) mass is 696 g/mol. The predicted molar refractivity (Wildman–Crippen MR) is 226 cm³/mol. The molecular formula is C53H45N. The molecule has 262 valence electrons. The summed E-state index contributed by atoms with van der Waals surface area (Å²) < 4.78 is 9.46. The second-order valence-electron chi connectivity index (χ2n) is 17.4. The lowest BCUT2D eigenvalue weighted by Gasteiger charge is -2.33. The van der Waals surface area contributed by atoms with Gasteiger partial charge in [-0.15, -0.1) is 0 Å². The Morgan fingerprint density at radius 2 is 1.00 bits per heavy atom. The quantitative estimate of drug-likeness (QED) is 0.177. The van der Waals surface area contributed by atoms with E-state index in [1.54, 1.807) is 0 Å². The largest absolute Gasteiger partial charge is 0.310 e. The summed E-state index contributed by atoms with van der Waals surface area (Å²) in [4.78, 5) is 2.46. The third-order valence-electron chi connectivity index (χ3n) is 13.0. The van der Waals surface area contributed by atoms with Crippen molar-refractivity contribution in [1.82, 2.24) is 0 Å². The molecule has 1 fully saturated rings. The zero-order valence-corrected chi connectivity index (χ0v) is 31.8. The summed E-state index contributed by atoms with van der Waals surface area (Å²) in [6, 6.07) is 57.3. The normalized spacial score (nSPS) is 18.9. The minimum Gasteiger partial charge on any atom is -0.310 e. The highest BCUT2D eigenvalue weighted by Gasteiger charge is 2.52. The van der Waals surface area contributed by atoms with E-state index in [9.17, 15) is 1.37 Å². The Morgan fingerprint density at radius 1 is 0.500 bits per heavy atom. The Hall–Kier alpha value is -5.66. The summed E-state index contributed by atoms with van der Waals surface area (Å²) in [5, 5.41) is 0. The summed E-state index contributed by atoms with van der Waals surface area (Å²) >= 11 is 0. The number of para-hydroxylation sites is 1. The molecule has 4 aliphatic carbocycles. The first kappa shape index (κ1) is 30.8. The molecule has 1 nitrogen and oxygen atoms in total. The summed E-state index contributed by atoms with van der Waals surface area (Å²) in [5.41, 5.74) is 21.2. The van der Waals surface area contributed by atoms with Crippen LogP contribution in [0.15, 0.2) is 152 Å². The molecule has 0 saturated heterocycles. The van der Waals surface area contributed by atoms with Crippen LogP contribution in [0.3, 0.4) is 0 Å². The van der Waals surface area contributed by atoms with E-state index in [0.29, 0.717) is 0 Å². The van der Waals surface area contributed by atoms with Crippen molar-refractivity contribution in [2.75, 3.05) is 4.90 Å². The fourth-order valence-corrected chi connectivity index (χ4v) is 10.3. The molecule has 0 radical (unpaired) electrons.